The number of benzene rings is 2. The first-order valence-electron chi connectivity index (χ1n) is 13.5. The topological polar surface area (TPSA) is 80.2 Å². The molecule has 0 aromatic heterocycles. The molecule has 0 bridgehead atoms. The zero-order chi connectivity index (χ0) is 27.4. The van der Waals surface area contributed by atoms with Crippen molar-refractivity contribution in [3.8, 4) is 0 Å². The number of hydrogen-bond acceptors (Lipinski definition) is 7. The quantitative estimate of drug-likeness (QED) is 0.401. The maximum absolute atomic E-state index is 13.6. The second-order valence-electron chi connectivity index (χ2n) is 10.4. The van der Waals surface area contributed by atoms with Crippen LogP contribution in [0.25, 0.3) is 0 Å². The Morgan fingerprint density at radius 3 is 2.62 bits per heavy atom. The van der Waals surface area contributed by atoms with E-state index in [1.165, 1.54) is 17.3 Å². The largest absolute Gasteiger partial charge is 0.457 e. The van der Waals surface area contributed by atoms with E-state index in [0.717, 1.165) is 41.4 Å². The number of amidine groups is 1. The predicted molar refractivity (Wildman–Crippen MR) is 154 cm³/mol. The number of carbonyl (C=O) groups excluding carboxylic acids is 2. The molecule has 0 aliphatic carbocycles. The van der Waals surface area contributed by atoms with Crippen LogP contribution in [-0.2, 0) is 25.7 Å². The molecule has 0 spiro atoms. The molecular formula is C31H35N3O4S. The van der Waals surface area contributed by atoms with Gasteiger partial charge in [0.2, 0.25) is 5.91 Å². The molecule has 0 saturated carbocycles. The number of fused-ring (bicyclic) bond motifs is 1. The summed E-state index contributed by atoms with van der Waals surface area (Å²) in [5.74, 6) is -0.0939. The summed E-state index contributed by atoms with van der Waals surface area (Å²) in [5.41, 5.74) is 5.01. The highest BCUT2D eigenvalue weighted by atomic mass is 32.2. The molecule has 39 heavy (non-hydrogen) atoms. The molecule has 5 rings (SSSR count). The van der Waals surface area contributed by atoms with Gasteiger partial charge in [-0.05, 0) is 47.8 Å². The summed E-state index contributed by atoms with van der Waals surface area (Å²) in [4.78, 5) is 33.3. The number of nitrogens with zero attached hydrogens (tertiary/aromatic N) is 2. The molecule has 7 nitrogen and oxygen atoms in total. The standard InChI is InChI=1S/C31H35N3O4S/c1-20(2)23-11-13-24(14-12-23)29-28(30(36)38-18-22-8-5-4-6-9-22)21(3)33-31-34(29)25(19-39-31)16-27(35)32-17-26-10-7-15-37-26/h4-6,8-9,11-14,19-20,26,29H,7,10,15-18H2,1-3H3,(H,32,35)/t26-,29+/m1/s1. The number of carbonyl (C=O) groups is 2. The fourth-order valence-electron chi connectivity index (χ4n) is 5.07. The Morgan fingerprint density at radius 1 is 1.15 bits per heavy atom. The predicted octanol–water partition coefficient (Wildman–Crippen LogP) is 5.81. The van der Waals surface area contributed by atoms with Gasteiger partial charge in [-0.25, -0.2) is 9.79 Å². The molecule has 1 amide bonds. The lowest BCUT2D eigenvalue weighted by Crippen LogP contribution is -2.38. The molecular weight excluding hydrogens is 510 g/mol. The first-order chi connectivity index (χ1) is 18.9. The zero-order valence-corrected chi connectivity index (χ0v) is 23.5. The molecule has 2 aromatic rings. The van der Waals surface area contributed by atoms with Gasteiger partial charge in [-0.15, -0.1) is 0 Å². The summed E-state index contributed by atoms with van der Waals surface area (Å²) in [6.45, 7) is 7.60. The van der Waals surface area contributed by atoms with Crippen LogP contribution in [0.3, 0.4) is 0 Å². The van der Waals surface area contributed by atoms with Gasteiger partial charge < -0.3 is 19.7 Å². The van der Waals surface area contributed by atoms with Crippen molar-refractivity contribution in [2.24, 2.45) is 4.99 Å². The number of hydrogen-bond donors (Lipinski definition) is 1. The van der Waals surface area contributed by atoms with Crippen LogP contribution in [0.15, 0.2) is 82.0 Å². The van der Waals surface area contributed by atoms with Crippen molar-refractivity contribution in [2.75, 3.05) is 13.2 Å². The number of nitrogens with one attached hydrogen (secondary N) is 1. The Bertz CT molecular complexity index is 1290. The fourth-order valence-corrected chi connectivity index (χ4v) is 6.03. The third-order valence-corrected chi connectivity index (χ3v) is 8.13. The monoisotopic (exact) mass is 545 g/mol. The van der Waals surface area contributed by atoms with E-state index in [0.29, 0.717) is 23.7 Å². The van der Waals surface area contributed by atoms with E-state index in [9.17, 15) is 9.59 Å². The van der Waals surface area contributed by atoms with Gasteiger partial charge in [0.1, 0.15) is 6.61 Å². The van der Waals surface area contributed by atoms with Crippen LogP contribution < -0.4 is 5.32 Å². The third-order valence-electron chi connectivity index (χ3n) is 7.24. The lowest BCUT2D eigenvalue weighted by atomic mass is 9.92. The van der Waals surface area contributed by atoms with Crippen molar-refractivity contribution in [1.29, 1.82) is 0 Å². The van der Waals surface area contributed by atoms with E-state index in [1.54, 1.807) is 0 Å². The highest BCUT2D eigenvalue weighted by Gasteiger charge is 2.41. The summed E-state index contributed by atoms with van der Waals surface area (Å²) in [7, 11) is 0. The van der Waals surface area contributed by atoms with Gasteiger partial charge in [0, 0.05) is 18.8 Å². The minimum Gasteiger partial charge on any atom is -0.457 e. The van der Waals surface area contributed by atoms with Crippen LogP contribution in [0.2, 0.25) is 0 Å². The number of thioether (sulfide) groups is 1. The van der Waals surface area contributed by atoms with Crippen LogP contribution in [-0.4, -0.2) is 41.2 Å². The summed E-state index contributed by atoms with van der Waals surface area (Å²) in [6.07, 6.45) is 2.26. The summed E-state index contributed by atoms with van der Waals surface area (Å²) >= 11 is 1.48. The molecule has 8 heteroatoms. The molecule has 3 aliphatic heterocycles. The van der Waals surface area contributed by atoms with E-state index in [4.69, 9.17) is 14.5 Å². The van der Waals surface area contributed by atoms with E-state index in [2.05, 4.69) is 43.4 Å². The average molecular weight is 546 g/mol. The molecule has 1 fully saturated rings. The third kappa shape index (κ3) is 6.28. The number of aliphatic imine (C=N–C) groups is 1. The number of esters is 1. The van der Waals surface area contributed by atoms with E-state index >= 15 is 0 Å². The molecule has 204 valence electrons. The SMILES string of the molecule is CC1=C(C(=O)OCc2ccccc2)[C@H](c2ccc(C(C)C)cc2)N2C(CC(=O)NC[C@H]3CCCO3)=CSC2=N1. The van der Waals surface area contributed by atoms with Gasteiger partial charge >= 0.3 is 5.97 Å². The molecule has 1 N–H and O–H groups in total. The van der Waals surface area contributed by atoms with Crippen LogP contribution >= 0.6 is 11.8 Å². The van der Waals surface area contributed by atoms with Crippen molar-refractivity contribution in [3.05, 3.63) is 93.7 Å². The molecule has 1 saturated heterocycles. The Kier molecular flexibility index (Phi) is 8.53. The van der Waals surface area contributed by atoms with Crippen molar-refractivity contribution in [2.45, 2.75) is 64.7 Å². The summed E-state index contributed by atoms with van der Waals surface area (Å²) in [5, 5.41) is 5.74. The Labute approximate surface area is 234 Å². The van der Waals surface area contributed by atoms with Gasteiger partial charge in [-0.2, -0.15) is 0 Å². The summed E-state index contributed by atoms with van der Waals surface area (Å²) in [6, 6.07) is 17.5. The van der Waals surface area contributed by atoms with Crippen LogP contribution in [0.1, 0.15) is 68.7 Å². The highest BCUT2D eigenvalue weighted by molar-refractivity contribution is 8.16. The number of ether oxygens (including phenoxy) is 2. The van der Waals surface area contributed by atoms with Crippen molar-refractivity contribution in [1.82, 2.24) is 10.2 Å². The highest BCUT2D eigenvalue weighted by Crippen LogP contribution is 2.45. The minimum atomic E-state index is -0.450. The van der Waals surface area contributed by atoms with E-state index < -0.39 is 12.0 Å². The van der Waals surface area contributed by atoms with Crippen molar-refractivity contribution < 1.29 is 19.1 Å². The Morgan fingerprint density at radius 2 is 1.92 bits per heavy atom. The van der Waals surface area contributed by atoms with Crippen LogP contribution in [0.5, 0.6) is 0 Å². The molecule has 0 unspecified atom stereocenters. The van der Waals surface area contributed by atoms with Gasteiger partial charge in [0.25, 0.3) is 0 Å². The Hall–Kier alpha value is -3.36. The second-order valence-corrected chi connectivity index (χ2v) is 11.2. The molecule has 0 radical (unpaired) electrons. The smallest absolute Gasteiger partial charge is 0.338 e. The van der Waals surface area contributed by atoms with Crippen LogP contribution in [0.4, 0.5) is 0 Å². The van der Waals surface area contributed by atoms with Gasteiger partial charge in [0.05, 0.1) is 29.8 Å². The average Bonchev–Trinajstić information content (AvgIpc) is 3.60. The molecule has 2 aromatic carbocycles. The zero-order valence-electron chi connectivity index (χ0n) is 22.7. The number of allylic oxidation sites excluding steroid dienone is 1. The van der Waals surface area contributed by atoms with Crippen LogP contribution in [0, 0.1) is 0 Å². The lowest BCUT2D eigenvalue weighted by Gasteiger charge is -2.36. The minimum absolute atomic E-state index is 0.0769. The van der Waals surface area contributed by atoms with Crippen molar-refractivity contribution in [3.63, 3.8) is 0 Å². The normalized spacial score (nSPS) is 20.6. The Balaban J connectivity index is 1.41. The number of amides is 1. The molecule has 3 heterocycles. The second kappa shape index (κ2) is 12.2. The summed E-state index contributed by atoms with van der Waals surface area (Å²) < 4.78 is 11.4. The van der Waals surface area contributed by atoms with E-state index in [1.807, 2.05) is 47.6 Å². The van der Waals surface area contributed by atoms with Gasteiger partial charge in [0.15, 0.2) is 5.17 Å². The van der Waals surface area contributed by atoms with Crippen molar-refractivity contribution >= 4 is 28.8 Å². The van der Waals surface area contributed by atoms with Gasteiger partial charge in [-0.1, -0.05) is 80.2 Å². The molecule has 3 aliphatic rings. The van der Waals surface area contributed by atoms with Gasteiger partial charge in [-0.3, -0.25) is 4.79 Å². The fraction of sp³-hybridized carbons (Fsp3) is 0.387. The molecule has 2 atom stereocenters. The first-order valence-corrected chi connectivity index (χ1v) is 14.4. The lowest BCUT2D eigenvalue weighted by molar-refractivity contribution is -0.141. The maximum Gasteiger partial charge on any atom is 0.338 e. The van der Waals surface area contributed by atoms with E-state index in [-0.39, 0.29) is 25.0 Å². The first kappa shape index (κ1) is 27.2. The number of rotatable bonds is 9. The maximum atomic E-state index is 13.6.